The molecular weight excluding hydrogens is 386 g/mol. The van der Waals surface area contributed by atoms with E-state index in [9.17, 15) is 4.79 Å². The molecule has 1 N–H and O–H groups in total. The van der Waals surface area contributed by atoms with Crippen LogP contribution in [-0.2, 0) is 6.42 Å². The molecule has 2 aliphatic heterocycles. The molecule has 1 unspecified atom stereocenters. The molecule has 1 atom stereocenters. The number of carbonyl (C=O) groups excluding carboxylic acids is 1. The summed E-state index contributed by atoms with van der Waals surface area (Å²) in [6.45, 7) is 9.43. The summed E-state index contributed by atoms with van der Waals surface area (Å²) in [5, 5.41) is 2.90. The van der Waals surface area contributed by atoms with Crippen LogP contribution >= 0.6 is 0 Å². The van der Waals surface area contributed by atoms with E-state index in [1.165, 1.54) is 45.3 Å². The Bertz CT molecular complexity index is 848. The summed E-state index contributed by atoms with van der Waals surface area (Å²) in [5.41, 5.74) is 2.23. The van der Waals surface area contributed by atoms with Gasteiger partial charge < -0.3 is 15.1 Å². The van der Waals surface area contributed by atoms with Crippen LogP contribution in [0.1, 0.15) is 55.7 Å². The zero-order chi connectivity index (χ0) is 21.6. The number of hydrogen-bond acceptors (Lipinski definition) is 5. The first-order valence-electron chi connectivity index (χ1n) is 11.7. The summed E-state index contributed by atoms with van der Waals surface area (Å²) in [4.78, 5) is 26.6. The second-order valence-electron chi connectivity index (χ2n) is 9.27. The molecule has 4 rings (SSSR count). The van der Waals surface area contributed by atoms with Gasteiger partial charge in [-0.05, 0) is 95.8 Å². The number of amides is 1. The summed E-state index contributed by atoms with van der Waals surface area (Å²) in [6.07, 6.45) is 9.36. The molecule has 2 fully saturated rings. The Labute approximate surface area is 186 Å². The molecule has 0 spiro atoms. The monoisotopic (exact) mass is 421 g/mol. The van der Waals surface area contributed by atoms with Crippen molar-refractivity contribution in [1.82, 2.24) is 19.8 Å². The summed E-state index contributed by atoms with van der Waals surface area (Å²) in [6, 6.07) is 10.7. The minimum absolute atomic E-state index is 0.171. The van der Waals surface area contributed by atoms with Crippen molar-refractivity contribution in [1.29, 1.82) is 0 Å². The van der Waals surface area contributed by atoms with Gasteiger partial charge in [0.15, 0.2) is 0 Å². The molecule has 31 heavy (non-hydrogen) atoms. The van der Waals surface area contributed by atoms with Gasteiger partial charge in [-0.3, -0.25) is 9.78 Å². The molecule has 6 nitrogen and oxygen atoms in total. The van der Waals surface area contributed by atoms with E-state index in [4.69, 9.17) is 0 Å². The van der Waals surface area contributed by atoms with Crippen molar-refractivity contribution in [2.75, 3.05) is 31.5 Å². The van der Waals surface area contributed by atoms with E-state index in [-0.39, 0.29) is 5.91 Å². The molecule has 2 aromatic heterocycles. The van der Waals surface area contributed by atoms with Crippen molar-refractivity contribution in [2.24, 2.45) is 5.92 Å². The first kappa shape index (κ1) is 21.9. The number of likely N-dealkylation sites (tertiary alicyclic amines) is 2. The van der Waals surface area contributed by atoms with Gasteiger partial charge in [-0.25, -0.2) is 4.98 Å². The van der Waals surface area contributed by atoms with Gasteiger partial charge in [0, 0.05) is 42.4 Å². The highest BCUT2D eigenvalue weighted by molar-refractivity contribution is 6.02. The summed E-state index contributed by atoms with van der Waals surface area (Å²) in [7, 11) is 0. The minimum Gasteiger partial charge on any atom is -0.321 e. The van der Waals surface area contributed by atoms with E-state index in [1.807, 2.05) is 6.07 Å². The Hall–Kier alpha value is -2.31. The largest absolute Gasteiger partial charge is 0.321 e. The number of carbonyl (C=O) groups is 1. The summed E-state index contributed by atoms with van der Waals surface area (Å²) in [5.74, 6) is 0.443. The lowest BCUT2D eigenvalue weighted by Crippen LogP contribution is -2.49. The van der Waals surface area contributed by atoms with Crippen LogP contribution in [-0.4, -0.2) is 63.9 Å². The quantitative estimate of drug-likeness (QED) is 0.768. The lowest BCUT2D eigenvalue weighted by atomic mass is 9.90. The van der Waals surface area contributed by atoms with Crippen LogP contribution in [0.3, 0.4) is 0 Å². The van der Waals surface area contributed by atoms with Crippen molar-refractivity contribution in [3.63, 3.8) is 0 Å². The molecule has 0 aliphatic carbocycles. The van der Waals surface area contributed by atoms with E-state index in [2.05, 4.69) is 45.0 Å². The molecule has 2 saturated heterocycles. The third-order valence-corrected chi connectivity index (χ3v) is 6.77. The molecule has 0 radical (unpaired) electrons. The van der Waals surface area contributed by atoms with Gasteiger partial charge in [0.1, 0.15) is 5.69 Å². The van der Waals surface area contributed by atoms with Crippen LogP contribution in [0.2, 0.25) is 0 Å². The van der Waals surface area contributed by atoms with Gasteiger partial charge in [0.25, 0.3) is 5.91 Å². The molecule has 0 saturated carbocycles. The van der Waals surface area contributed by atoms with Gasteiger partial charge in [0.05, 0.1) is 0 Å². The lowest BCUT2D eigenvalue weighted by molar-refractivity contribution is 0.0617. The number of aromatic nitrogens is 2. The fourth-order valence-electron chi connectivity index (χ4n) is 5.01. The lowest BCUT2D eigenvalue weighted by Gasteiger charge is -2.43. The van der Waals surface area contributed by atoms with Crippen LogP contribution in [0.25, 0.3) is 0 Å². The predicted molar refractivity (Wildman–Crippen MR) is 124 cm³/mol. The van der Waals surface area contributed by atoms with Crippen LogP contribution in [0.4, 0.5) is 5.69 Å². The molecule has 2 aliphatic rings. The fraction of sp³-hybridized carbons (Fsp3) is 0.560. The van der Waals surface area contributed by atoms with Crippen LogP contribution in [0.5, 0.6) is 0 Å². The first-order chi connectivity index (χ1) is 15.1. The van der Waals surface area contributed by atoms with Crippen LogP contribution in [0, 0.1) is 5.92 Å². The van der Waals surface area contributed by atoms with E-state index in [1.54, 1.807) is 30.6 Å². The van der Waals surface area contributed by atoms with Crippen molar-refractivity contribution >= 4 is 11.6 Å². The Balaban J connectivity index is 1.33. The zero-order valence-corrected chi connectivity index (χ0v) is 18.8. The second-order valence-corrected chi connectivity index (χ2v) is 9.27. The molecule has 0 aromatic carbocycles. The molecular formula is C25H35N5O. The predicted octanol–water partition coefficient (Wildman–Crippen LogP) is 3.86. The normalized spacial score (nSPS) is 21.3. The maximum atomic E-state index is 12.6. The van der Waals surface area contributed by atoms with Gasteiger partial charge in [0.2, 0.25) is 0 Å². The minimum atomic E-state index is -0.171. The van der Waals surface area contributed by atoms with Gasteiger partial charge >= 0.3 is 0 Å². The van der Waals surface area contributed by atoms with E-state index < -0.39 is 0 Å². The molecule has 4 heterocycles. The van der Waals surface area contributed by atoms with Crippen molar-refractivity contribution in [2.45, 2.75) is 58.0 Å². The number of pyridine rings is 2. The van der Waals surface area contributed by atoms with Gasteiger partial charge in [-0.1, -0.05) is 6.07 Å². The molecule has 166 valence electrons. The fourth-order valence-corrected chi connectivity index (χ4v) is 5.01. The zero-order valence-electron chi connectivity index (χ0n) is 18.8. The maximum absolute atomic E-state index is 12.6. The summed E-state index contributed by atoms with van der Waals surface area (Å²) < 4.78 is 0. The Morgan fingerprint density at radius 1 is 1.10 bits per heavy atom. The number of nitrogens with zero attached hydrogens (tertiary/aromatic N) is 4. The topological polar surface area (TPSA) is 61.4 Å². The average molecular weight is 422 g/mol. The highest BCUT2D eigenvalue weighted by Crippen LogP contribution is 2.26. The standard InChI is InChI=1S/C25H35N5O/c1-19(2)29-15-10-23(11-16-29)30-14-4-5-20(18-30)17-22-6-3-7-24(27-22)25(31)28-21-8-12-26-13-9-21/h3,6-9,12-13,19-20,23H,4-5,10-11,14-18H2,1-2H3,(H,26,28,31). The van der Waals surface area contributed by atoms with E-state index in [0.717, 1.165) is 30.4 Å². The highest BCUT2D eigenvalue weighted by atomic mass is 16.1. The van der Waals surface area contributed by atoms with Crippen LogP contribution in [0.15, 0.2) is 42.7 Å². The number of nitrogens with one attached hydrogen (secondary N) is 1. The Morgan fingerprint density at radius 2 is 1.87 bits per heavy atom. The molecule has 1 amide bonds. The third kappa shape index (κ3) is 5.89. The van der Waals surface area contributed by atoms with Gasteiger partial charge in [-0.2, -0.15) is 0 Å². The number of hydrogen-bond donors (Lipinski definition) is 1. The van der Waals surface area contributed by atoms with E-state index in [0.29, 0.717) is 17.7 Å². The highest BCUT2D eigenvalue weighted by Gasteiger charge is 2.29. The second kappa shape index (κ2) is 10.3. The van der Waals surface area contributed by atoms with E-state index >= 15 is 0 Å². The van der Waals surface area contributed by atoms with Crippen LogP contribution < -0.4 is 5.32 Å². The number of piperidine rings is 2. The Morgan fingerprint density at radius 3 is 2.61 bits per heavy atom. The average Bonchev–Trinajstić information content (AvgIpc) is 2.80. The third-order valence-electron chi connectivity index (χ3n) is 6.77. The smallest absolute Gasteiger partial charge is 0.274 e. The van der Waals surface area contributed by atoms with Crippen molar-refractivity contribution in [3.05, 3.63) is 54.1 Å². The molecule has 0 bridgehead atoms. The number of anilines is 1. The first-order valence-corrected chi connectivity index (χ1v) is 11.7. The maximum Gasteiger partial charge on any atom is 0.274 e. The number of rotatable bonds is 6. The summed E-state index contributed by atoms with van der Waals surface area (Å²) >= 11 is 0. The molecule has 2 aromatic rings. The van der Waals surface area contributed by atoms with Gasteiger partial charge in [-0.15, -0.1) is 0 Å². The van der Waals surface area contributed by atoms with Crippen molar-refractivity contribution in [3.8, 4) is 0 Å². The molecule has 6 heteroatoms. The SMILES string of the molecule is CC(C)N1CCC(N2CCCC(Cc3cccc(C(=O)Nc4ccncc4)n3)C2)CC1. The van der Waals surface area contributed by atoms with Crippen molar-refractivity contribution < 1.29 is 4.79 Å². The Kier molecular flexibility index (Phi) is 7.30.